The van der Waals surface area contributed by atoms with E-state index in [9.17, 15) is 9.50 Å². The first-order valence-corrected chi connectivity index (χ1v) is 4.57. The van der Waals surface area contributed by atoms with E-state index < -0.39 is 5.82 Å². The summed E-state index contributed by atoms with van der Waals surface area (Å²) >= 11 is 0. The van der Waals surface area contributed by atoms with E-state index in [1.54, 1.807) is 12.1 Å². The summed E-state index contributed by atoms with van der Waals surface area (Å²) in [5.41, 5.74) is 6.17. The van der Waals surface area contributed by atoms with Crippen LogP contribution in [0.15, 0.2) is 18.2 Å². The van der Waals surface area contributed by atoms with Crippen molar-refractivity contribution < 1.29 is 9.50 Å². The largest absolute Gasteiger partial charge is 0.505 e. The molecule has 0 unspecified atom stereocenters. The number of phenols is 1. The van der Waals surface area contributed by atoms with E-state index in [2.05, 4.69) is 0 Å². The smallest absolute Gasteiger partial charge is 0.165 e. The van der Waals surface area contributed by atoms with Crippen molar-refractivity contribution in [2.24, 2.45) is 11.1 Å². The number of halogens is 2. The van der Waals surface area contributed by atoms with Gasteiger partial charge in [0.2, 0.25) is 0 Å². The summed E-state index contributed by atoms with van der Waals surface area (Å²) in [6.45, 7) is 5.84. The fourth-order valence-corrected chi connectivity index (χ4v) is 1.25. The van der Waals surface area contributed by atoms with Gasteiger partial charge in [-0.1, -0.05) is 32.9 Å². The third kappa shape index (κ3) is 3.08. The third-order valence-corrected chi connectivity index (χ3v) is 2.29. The second-order valence-electron chi connectivity index (χ2n) is 4.52. The van der Waals surface area contributed by atoms with Crippen molar-refractivity contribution in [3.63, 3.8) is 0 Å². The monoisotopic (exact) mass is 233 g/mol. The Kier molecular flexibility index (Phi) is 4.56. The first-order chi connectivity index (χ1) is 6.34. The third-order valence-electron chi connectivity index (χ3n) is 2.29. The summed E-state index contributed by atoms with van der Waals surface area (Å²) in [6, 6.07) is 4.04. The molecule has 1 rings (SSSR count). The van der Waals surface area contributed by atoms with Crippen molar-refractivity contribution >= 4 is 12.4 Å². The molecule has 86 valence electrons. The van der Waals surface area contributed by atoms with E-state index in [1.165, 1.54) is 6.07 Å². The lowest BCUT2D eigenvalue weighted by molar-refractivity contribution is 0.314. The molecule has 0 bridgehead atoms. The van der Waals surface area contributed by atoms with Gasteiger partial charge in [-0.15, -0.1) is 12.4 Å². The molecule has 1 aromatic rings. The predicted molar refractivity (Wildman–Crippen MR) is 61.7 cm³/mol. The molecular formula is C11H17ClFNO. The number of phenolic OH excluding ortho intramolecular Hbond substituents is 1. The highest BCUT2D eigenvalue weighted by molar-refractivity contribution is 5.85. The van der Waals surface area contributed by atoms with Gasteiger partial charge >= 0.3 is 0 Å². The van der Waals surface area contributed by atoms with Crippen molar-refractivity contribution in [2.75, 3.05) is 0 Å². The lowest BCUT2D eigenvalue weighted by Crippen LogP contribution is -2.26. The van der Waals surface area contributed by atoms with Gasteiger partial charge < -0.3 is 10.8 Å². The maximum Gasteiger partial charge on any atom is 0.165 e. The van der Waals surface area contributed by atoms with E-state index in [0.29, 0.717) is 5.56 Å². The number of para-hydroxylation sites is 1. The minimum absolute atomic E-state index is 0. The number of aromatic hydroxyl groups is 1. The number of hydrogen-bond acceptors (Lipinski definition) is 2. The minimum atomic E-state index is -0.623. The van der Waals surface area contributed by atoms with Gasteiger partial charge in [0.25, 0.3) is 0 Å². The summed E-state index contributed by atoms with van der Waals surface area (Å²) in [7, 11) is 0. The van der Waals surface area contributed by atoms with E-state index >= 15 is 0 Å². The Hall–Kier alpha value is -0.800. The van der Waals surface area contributed by atoms with Gasteiger partial charge in [-0.05, 0) is 11.5 Å². The molecule has 0 aliphatic heterocycles. The van der Waals surface area contributed by atoms with Gasteiger partial charge in [-0.25, -0.2) is 4.39 Å². The van der Waals surface area contributed by atoms with Crippen molar-refractivity contribution in [3.8, 4) is 5.75 Å². The Labute approximate surface area is 95.7 Å². The van der Waals surface area contributed by atoms with Crippen molar-refractivity contribution in [1.29, 1.82) is 0 Å². The number of rotatable bonds is 1. The summed E-state index contributed by atoms with van der Waals surface area (Å²) in [5, 5.41) is 9.48. The van der Waals surface area contributed by atoms with Gasteiger partial charge in [0.15, 0.2) is 11.6 Å². The fraction of sp³-hybridized carbons (Fsp3) is 0.455. The van der Waals surface area contributed by atoms with E-state index in [-0.39, 0.29) is 29.6 Å². The van der Waals surface area contributed by atoms with Gasteiger partial charge in [0.05, 0.1) is 0 Å². The second-order valence-corrected chi connectivity index (χ2v) is 4.52. The molecule has 0 aliphatic carbocycles. The summed E-state index contributed by atoms with van der Waals surface area (Å²) in [4.78, 5) is 0. The van der Waals surface area contributed by atoms with Crippen LogP contribution in [0.5, 0.6) is 5.75 Å². The molecule has 0 amide bonds. The number of hydrogen-bond donors (Lipinski definition) is 2. The number of benzene rings is 1. The standard InChI is InChI=1S/C11H16FNO.ClH/c1-11(2,3)10(13)7-5-4-6-8(12)9(7)14;/h4-6,10,14H,13H2,1-3H3;1H/t10-;/m1./s1. The van der Waals surface area contributed by atoms with Gasteiger partial charge in [0, 0.05) is 11.6 Å². The first kappa shape index (κ1) is 14.2. The summed E-state index contributed by atoms with van der Waals surface area (Å²) in [6.07, 6.45) is 0. The Morgan fingerprint density at radius 1 is 1.33 bits per heavy atom. The van der Waals surface area contributed by atoms with Crippen LogP contribution in [-0.4, -0.2) is 5.11 Å². The molecule has 0 saturated heterocycles. The molecule has 0 heterocycles. The zero-order chi connectivity index (χ0) is 10.9. The van der Waals surface area contributed by atoms with E-state index in [1.807, 2.05) is 20.8 Å². The highest BCUT2D eigenvalue weighted by Gasteiger charge is 2.25. The molecule has 0 spiro atoms. The van der Waals surface area contributed by atoms with Crippen molar-refractivity contribution in [3.05, 3.63) is 29.6 Å². The molecule has 1 aromatic carbocycles. The SMILES string of the molecule is CC(C)(C)[C@H](N)c1cccc(F)c1O.Cl. The molecule has 0 aliphatic rings. The Balaban J connectivity index is 0.00000196. The maximum atomic E-state index is 13.0. The quantitative estimate of drug-likeness (QED) is 0.783. The van der Waals surface area contributed by atoms with Crippen LogP contribution in [0.4, 0.5) is 4.39 Å². The number of nitrogens with two attached hydrogens (primary N) is 1. The molecule has 0 radical (unpaired) electrons. The fourth-order valence-electron chi connectivity index (χ4n) is 1.25. The maximum absolute atomic E-state index is 13.0. The highest BCUT2D eigenvalue weighted by Crippen LogP contribution is 2.35. The zero-order valence-corrected chi connectivity index (χ0v) is 9.94. The summed E-state index contributed by atoms with van der Waals surface area (Å²) < 4.78 is 13.0. The molecule has 0 aromatic heterocycles. The van der Waals surface area contributed by atoms with Gasteiger partial charge in [0.1, 0.15) is 0 Å². The van der Waals surface area contributed by atoms with Crippen LogP contribution in [0.3, 0.4) is 0 Å². The van der Waals surface area contributed by atoms with E-state index in [4.69, 9.17) is 5.73 Å². The molecule has 1 atom stereocenters. The molecular weight excluding hydrogens is 217 g/mol. The van der Waals surface area contributed by atoms with Crippen LogP contribution >= 0.6 is 12.4 Å². The predicted octanol–water partition coefficient (Wildman–Crippen LogP) is 3.00. The minimum Gasteiger partial charge on any atom is -0.505 e. The van der Waals surface area contributed by atoms with Crippen LogP contribution in [0.1, 0.15) is 32.4 Å². The van der Waals surface area contributed by atoms with Gasteiger partial charge in [-0.3, -0.25) is 0 Å². The lowest BCUT2D eigenvalue weighted by Gasteiger charge is -2.27. The normalized spacial score (nSPS) is 13.1. The van der Waals surface area contributed by atoms with E-state index in [0.717, 1.165) is 0 Å². The first-order valence-electron chi connectivity index (χ1n) is 4.57. The second kappa shape index (κ2) is 4.81. The Morgan fingerprint density at radius 2 is 1.87 bits per heavy atom. The molecule has 4 heteroatoms. The Bertz CT molecular complexity index is 336. The molecule has 3 N–H and O–H groups in total. The highest BCUT2D eigenvalue weighted by atomic mass is 35.5. The van der Waals surface area contributed by atoms with Crippen molar-refractivity contribution in [2.45, 2.75) is 26.8 Å². The molecule has 0 fully saturated rings. The lowest BCUT2D eigenvalue weighted by atomic mass is 9.83. The zero-order valence-electron chi connectivity index (χ0n) is 9.12. The average Bonchev–Trinajstić information content (AvgIpc) is 2.07. The van der Waals surface area contributed by atoms with Crippen LogP contribution in [0.25, 0.3) is 0 Å². The molecule has 15 heavy (non-hydrogen) atoms. The van der Waals surface area contributed by atoms with Gasteiger partial charge in [-0.2, -0.15) is 0 Å². The Morgan fingerprint density at radius 3 is 2.33 bits per heavy atom. The average molecular weight is 234 g/mol. The van der Waals surface area contributed by atoms with Crippen LogP contribution in [0, 0.1) is 11.2 Å². The van der Waals surface area contributed by atoms with Crippen molar-refractivity contribution in [1.82, 2.24) is 0 Å². The molecule has 2 nitrogen and oxygen atoms in total. The topological polar surface area (TPSA) is 46.2 Å². The van der Waals surface area contributed by atoms with Crippen LogP contribution in [-0.2, 0) is 0 Å². The van der Waals surface area contributed by atoms with Crippen LogP contribution < -0.4 is 5.73 Å². The summed E-state index contributed by atoms with van der Waals surface area (Å²) in [5.74, 6) is -0.961. The van der Waals surface area contributed by atoms with Crippen LogP contribution in [0.2, 0.25) is 0 Å². The molecule has 0 saturated carbocycles.